The summed E-state index contributed by atoms with van der Waals surface area (Å²) in [5.74, 6) is -2.33. The topological polar surface area (TPSA) is 173 Å². The SMILES string of the molecule is O=C1C=CC(=O)N1c1ccc(O)cc1.O=C1C=CC(=O)N1c1cccc(O)c1.O=C1C=CC(=O)N1c1ccccc1O. The first-order valence-electron chi connectivity index (χ1n) is 12.1. The van der Waals surface area contributed by atoms with Gasteiger partial charge in [0.1, 0.15) is 17.2 Å². The highest BCUT2D eigenvalue weighted by Gasteiger charge is 2.27. The molecule has 0 bridgehead atoms. The van der Waals surface area contributed by atoms with E-state index < -0.39 is 11.8 Å². The van der Waals surface area contributed by atoms with Crippen LogP contribution in [-0.2, 0) is 28.8 Å². The second-order valence-electron chi connectivity index (χ2n) is 8.56. The van der Waals surface area contributed by atoms with Crippen molar-refractivity contribution in [3.05, 3.63) is 109 Å². The van der Waals surface area contributed by atoms with E-state index in [1.165, 1.54) is 85.0 Å². The third-order valence-electron chi connectivity index (χ3n) is 5.75. The zero-order valence-corrected chi connectivity index (χ0v) is 21.5. The average molecular weight is 568 g/mol. The second-order valence-corrected chi connectivity index (χ2v) is 8.56. The minimum absolute atomic E-state index is 0.0231. The Morgan fingerprint density at radius 1 is 0.405 bits per heavy atom. The summed E-state index contributed by atoms with van der Waals surface area (Å²) in [6, 6.07) is 18.1. The lowest BCUT2D eigenvalue weighted by Crippen LogP contribution is -2.29. The van der Waals surface area contributed by atoms with E-state index in [-0.39, 0.29) is 46.6 Å². The number of hydrogen-bond donors (Lipinski definition) is 3. The van der Waals surface area contributed by atoms with Gasteiger partial charge in [-0.1, -0.05) is 18.2 Å². The number of aromatic hydroxyl groups is 3. The van der Waals surface area contributed by atoms with Crippen molar-refractivity contribution in [3.63, 3.8) is 0 Å². The summed E-state index contributed by atoms with van der Waals surface area (Å²) in [7, 11) is 0. The molecular weight excluding hydrogens is 546 g/mol. The van der Waals surface area contributed by atoms with E-state index in [2.05, 4.69) is 0 Å². The van der Waals surface area contributed by atoms with E-state index in [9.17, 15) is 39.0 Å². The standard InChI is InChI=1S/3C10H7NO3/c12-8-3-1-7(2-4-8)11-9(13)5-6-10(11)14;12-8-3-1-2-7(6-8)11-9(13)4-5-10(11)14;12-8-4-2-1-3-7(8)11-9(13)5-6-10(11)14/h3*1-6,12H. The maximum Gasteiger partial charge on any atom is 0.258 e. The van der Waals surface area contributed by atoms with Gasteiger partial charge in [0.2, 0.25) is 0 Å². The van der Waals surface area contributed by atoms with E-state index in [1.807, 2.05) is 0 Å². The molecule has 42 heavy (non-hydrogen) atoms. The number of carbonyl (C=O) groups is 6. The van der Waals surface area contributed by atoms with Crippen LogP contribution in [0.2, 0.25) is 0 Å². The van der Waals surface area contributed by atoms with Crippen molar-refractivity contribution < 1.29 is 44.1 Å². The largest absolute Gasteiger partial charge is 0.508 e. The van der Waals surface area contributed by atoms with E-state index >= 15 is 0 Å². The maximum absolute atomic E-state index is 11.2. The fraction of sp³-hybridized carbons (Fsp3) is 0. The molecule has 6 rings (SSSR count). The van der Waals surface area contributed by atoms with Crippen molar-refractivity contribution in [2.24, 2.45) is 0 Å². The van der Waals surface area contributed by atoms with Crippen molar-refractivity contribution in [2.45, 2.75) is 0 Å². The molecule has 3 N–H and O–H groups in total. The van der Waals surface area contributed by atoms with Crippen LogP contribution in [0.4, 0.5) is 17.1 Å². The number of imide groups is 3. The molecule has 3 aliphatic heterocycles. The van der Waals surface area contributed by atoms with Gasteiger partial charge in [0.05, 0.1) is 17.1 Å². The molecule has 6 amide bonds. The molecule has 3 aromatic rings. The molecule has 3 aromatic carbocycles. The Kier molecular flexibility index (Phi) is 8.38. The van der Waals surface area contributed by atoms with Crippen LogP contribution in [0.25, 0.3) is 0 Å². The molecular formula is C30H21N3O9. The van der Waals surface area contributed by atoms with Crippen molar-refractivity contribution in [2.75, 3.05) is 14.7 Å². The summed E-state index contributed by atoms with van der Waals surface area (Å²) in [6.07, 6.45) is 7.19. The molecule has 3 aliphatic rings. The zero-order chi connectivity index (χ0) is 30.4. The van der Waals surface area contributed by atoms with Gasteiger partial charge in [0.15, 0.2) is 0 Å². The smallest absolute Gasteiger partial charge is 0.258 e. The van der Waals surface area contributed by atoms with Gasteiger partial charge in [-0.2, -0.15) is 0 Å². The first-order chi connectivity index (χ1) is 20.1. The molecule has 0 radical (unpaired) electrons. The van der Waals surface area contributed by atoms with Crippen LogP contribution < -0.4 is 14.7 Å². The maximum atomic E-state index is 11.2. The fourth-order valence-corrected chi connectivity index (χ4v) is 3.83. The number of carbonyl (C=O) groups excluding carboxylic acids is 6. The van der Waals surface area contributed by atoms with Gasteiger partial charge in [-0.3, -0.25) is 28.8 Å². The number of hydrogen-bond acceptors (Lipinski definition) is 9. The van der Waals surface area contributed by atoms with Crippen LogP contribution >= 0.6 is 0 Å². The predicted octanol–water partition coefficient (Wildman–Crippen LogP) is 2.46. The summed E-state index contributed by atoms with van der Waals surface area (Å²) in [4.78, 5) is 70.4. The summed E-state index contributed by atoms with van der Waals surface area (Å²) in [5.41, 5.74) is 1.06. The molecule has 0 unspecified atom stereocenters. The van der Waals surface area contributed by atoms with E-state index in [4.69, 9.17) is 5.11 Å². The van der Waals surface area contributed by atoms with Crippen LogP contribution in [0.15, 0.2) is 109 Å². The van der Waals surface area contributed by atoms with E-state index in [0.717, 1.165) is 14.7 Å². The van der Waals surface area contributed by atoms with Crippen LogP contribution in [0, 0.1) is 0 Å². The highest BCUT2D eigenvalue weighted by molar-refractivity contribution is 6.29. The number of nitrogens with zero attached hydrogens (tertiary/aromatic N) is 3. The van der Waals surface area contributed by atoms with Gasteiger partial charge in [-0.15, -0.1) is 0 Å². The lowest BCUT2D eigenvalue weighted by Gasteiger charge is -2.14. The van der Waals surface area contributed by atoms with E-state index in [1.54, 1.807) is 24.3 Å². The Balaban J connectivity index is 0.000000145. The van der Waals surface area contributed by atoms with E-state index in [0.29, 0.717) is 11.4 Å². The summed E-state index contributed by atoms with van der Waals surface area (Å²) >= 11 is 0. The lowest BCUT2D eigenvalue weighted by atomic mass is 10.2. The Hall–Kier alpha value is -6.30. The minimum Gasteiger partial charge on any atom is -0.508 e. The number of benzene rings is 3. The molecule has 0 aliphatic carbocycles. The first kappa shape index (κ1) is 28.7. The van der Waals surface area contributed by atoms with Gasteiger partial charge < -0.3 is 15.3 Å². The highest BCUT2D eigenvalue weighted by Crippen LogP contribution is 2.28. The van der Waals surface area contributed by atoms with Gasteiger partial charge in [-0.05, 0) is 48.5 Å². The number of phenolic OH excluding ortho intramolecular Hbond substituents is 3. The van der Waals surface area contributed by atoms with Crippen LogP contribution in [0.5, 0.6) is 17.2 Å². The molecule has 210 valence electrons. The van der Waals surface area contributed by atoms with Gasteiger partial charge in [-0.25, -0.2) is 14.7 Å². The molecule has 0 atom stereocenters. The molecule has 0 aromatic heterocycles. The third kappa shape index (κ3) is 6.29. The number of rotatable bonds is 3. The second kappa shape index (κ2) is 12.3. The van der Waals surface area contributed by atoms with Gasteiger partial charge in [0, 0.05) is 42.5 Å². The Morgan fingerprint density at radius 2 is 0.857 bits per heavy atom. The molecule has 12 nitrogen and oxygen atoms in total. The zero-order valence-electron chi connectivity index (χ0n) is 21.5. The minimum atomic E-state index is -0.434. The quantitative estimate of drug-likeness (QED) is 0.402. The van der Waals surface area contributed by atoms with Crippen molar-refractivity contribution in [1.82, 2.24) is 0 Å². The number of anilines is 3. The van der Waals surface area contributed by atoms with Crippen LogP contribution in [0.1, 0.15) is 0 Å². The summed E-state index contributed by atoms with van der Waals surface area (Å²) in [6.45, 7) is 0. The fourth-order valence-electron chi connectivity index (χ4n) is 3.83. The molecule has 3 heterocycles. The number of amides is 6. The van der Waals surface area contributed by atoms with Crippen LogP contribution in [0.3, 0.4) is 0 Å². The van der Waals surface area contributed by atoms with Crippen molar-refractivity contribution in [1.29, 1.82) is 0 Å². The summed E-state index contributed by atoms with van der Waals surface area (Å²) in [5, 5.41) is 27.6. The summed E-state index contributed by atoms with van der Waals surface area (Å²) < 4.78 is 0. The van der Waals surface area contributed by atoms with Crippen molar-refractivity contribution >= 4 is 52.5 Å². The van der Waals surface area contributed by atoms with Crippen molar-refractivity contribution in [3.8, 4) is 17.2 Å². The Bertz CT molecular complexity index is 1640. The molecule has 0 spiro atoms. The van der Waals surface area contributed by atoms with Crippen LogP contribution in [-0.4, -0.2) is 50.8 Å². The Labute approximate surface area is 237 Å². The monoisotopic (exact) mass is 567 g/mol. The number of para-hydroxylation sites is 2. The van der Waals surface area contributed by atoms with Gasteiger partial charge >= 0.3 is 0 Å². The molecule has 0 fully saturated rings. The first-order valence-corrected chi connectivity index (χ1v) is 12.1. The normalized spacial score (nSPS) is 15.3. The highest BCUT2D eigenvalue weighted by atomic mass is 16.3. The lowest BCUT2D eigenvalue weighted by molar-refractivity contribution is -0.121. The molecule has 0 saturated carbocycles. The predicted molar refractivity (Wildman–Crippen MR) is 149 cm³/mol. The third-order valence-corrected chi connectivity index (χ3v) is 5.75. The average Bonchev–Trinajstić information content (AvgIpc) is 3.60. The molecule has 12 heteroatoms. The number of phenols is 3. The van der Waals surface area contributed by atoms with Gasteiger partial charge in [0.25, 0.3) is 35.4 Å². The molecule has 0 saturated heterocycles. The Morgan fingerprint density at radius 3 is 1.33 bits per heavy atom.